The SMILES string of the molecule is O=C(/C=C/c1cc(Cl)c2c(c1)OCCCO2)OCc1cc(=O)n2ccsc2n1. The fourth-order valence-electron chi connectivity index (χ4n) is 2.67. The first-order chi connectivity index (χ1) is 13.6. The van der Waals surface area contributed by atoms with E-state index >= 15 is 0 Å². The lowest BCUT2D eigenvalue weighted by molar-refractivity contribution is -0.139. The topological polar surface area (TPSA) is 79.1 Å². The van der Waals surface area contributed by atoms with Crippen molar-refractivity contribution in [2.75, 3.05) is 13.2 Å². The number of halogens is 1. The van der Waals surface area contributed by atoms with E-state index in [9.17, 15) is 9.59 Å². The first-order valence-electron chi connectivity index (χ1n) is 8.50. The third-order valence-corrected chi connectivity index (χ3v) is 4.99. The summed E-state index contributed by atoms with van der Waals surface area (Å²) in [5.74, 6) is 0.503. The fraction of sp³-hybridized carbons (Fsp3) is 0.211. The summed E-state index contributed by atoms with van der Waals surface area (Å²) in [6, 6.07) is 4.79. The molecular formula is C19H15ClN2O5S. The molecule has 9 heteroatoms. The van der Waals surface area contributed by atoms with Crippen LogP contribution in [0.2, 0.25) is 5.02 Å². The standard InChI is InChI=1S/C19H15ClN2O5S/c20-14-8-12(9-15-18(14)26-6-1-5-25-15)2-3-17(24)27-11-13-10-16(23)22-4-7-28-19(22)21-13/h2-4,7-10H,1,5-6,11H2/b3-2+. The minimum absolute atomic E-state index is 0.0886. The molecule has 0 fully saturated rings. The van der Waals surface area contributed by atoms with E-state index in [0.717, 1.165) is 6.42 Å². The van der Waals surface area contributed by atoms with Gasteiger partial charge in [-0.15, -0.1) is 11.3 Å². The zero-order chi connectivity index (χ0) is 19.5. The number of fused-ring (bicyclic) bond motifs is 2. The van der Waals surface area contributed by atoms with Crippen molar-refractivity contribution in [3.63, 3.8) is 0 Å². The van der Waals surface area contributed by atoms with Crippen LogP contribution in [-0.2, 0) is 16.1 Å². The maximum Gasteiger partial charge on any atom is 0.331 e. The second-order valence-corrected chi connectivity index (χ2v) is 7.24. The number of benzene rings is 1. The van der Waals surface area contributed by atoms with Gasteiger partial charge in [-0.1, -0.05) is 11.6 Å². The normalized spacial score (nSPS) is 13.6. The zero-order valence-electron chi connectivity index (χ0n) is 14.6. The van der Waals surface area contributed by atoms with Crippen LogP contribution in [0.1, 0.15) is 17.7 Å². The Labute approximate surface area is 168 Å². The Morgan fingerprint density at radius 2 is 2.18 bits per heavy atom. The summed E-state index contributed by atoms with van der Waals surface area (Å²) >= 11 is 7.57. The monoisotopic (exact) mass is 418 g/mol. The average molecular weight is 419 g/mol. The average Bonchev–Trinajstić information content (AvgIpc) is 3.02. The third kappa shape index (κ3) is 4.02. The van der Waals surface area contributed by atoms with Crippen LogP contribution in [0.3, 0.4) is 0 Å². The molecule has 0 atom stereocenters. The molecule has 28 heavy (non-hydrogen) atoms. The largest absolute Gasteiger partial charge is 0.489 e. The Morgan fingerprint density at radius 1 is 1.32 bits per heavy atom. The maximum absolute atomic E-state index is 12.0. The second-order valence-electron chi connectivity index (χ2n) is 5.96. The Kier molecular flexibility index (Phi) is 5.31. The zero-order valence-corrected chi connectivity index (χ0v) is 16.2. The smallest absolute Gasteiger partial charge is 0.331 e. The molecule has 144 valence electrons. The number of hydrogen-bond donors (Lipinski definition) is 0. The summed E-state index contributed by atoms with van der Waals surface area (Å²) in [7, 11) is 0. The van der Waals surface area contributed by atoms with E-state index in [2.05, 4.69) is 4.98 Å². The highest BCUT2D eigenvalue weighted by molar-refractivity contribution is 7.15. The number of carbonyl (C=O) groups is 1. The highest BCUT2D eigenvalue weighted by Crippen LogP contribution is 2.38. The minimum Gasteiger partial charge on any atom is -0.489 e. The van der Waals surface area contributed by atoms with Gasteiger partial charge in [0.2, 0.25) is 0 Å². The Bertz CT molecular complexity index is 1120. The molecular weight excluding hydrogens is 404 g/mol. The van der Waals surface area contributed by atoms with Gasteiger partial charge in [0.15, 0.2) is 16.5 Å². The molecule has 0 unspecified atom stereocenters. The van der Waals surface area contributed by atoms with Crippen molar-refractivity contribution in [1.82, 2.24) is 9.38 Å². The van der Waals surface area contributed by atoms with Crippen LogP contribution in [-0.4, -0.2) is 28.6 Å². The lowest BCUT2D eigenvalue weighted by atomic mass is 10.2. The lowest BCUT2D eigenvalue weighted by Crippen LogP contribution is -2.14. The molecule has 1 aliphatic rings. The number of rotatable bonds is 4. The minimum atomic E-state index is -0.559. The molecule has 0 spiro atoms. The van der Waals surface area contributed by atoms with E-state index in [1.807, 2.05) is 0 Å². The van der Waals surface area contributed by atoms with Gasteiger partial charge in [-0.2, -0.15) is 0 Å². The van der Waals surface area contributed by atoms with Crippen molar-refractivity contribution >= 4 is 39.9 Å². The summed E-state index contributed by atoms with van der Waals surface area (Å²) in [5.41, 5.74) is 0.866. The number of ether oxygens (including phenoxy) is 3. The number of esters is 1. The molecule has 3 heterocycles. The summed E-state index contributed by atoms with van der Waals surface area (Å²) in [6.45, 7) is 0.998. The molecule has 0 aliphatic carbocycles. The van der Waals surface area contributed by atoms with Crippen LogP contribution < -0.4 is 15.0 Å². The number of hydrogen-bond acceptors (Lipinski definition) is 7. The summed E-state index contributed by atoms with van der Waals surface area (Å²) in [6.07, 6.45) is 5.28. The molecule has 7 nitrogen and oxygen atoms in total. The molecule has 0 radical (unpaired) electrons. The van der Waals surface area contributed by atoms with Gasteiger partial charge in [-0.3, -0.25) is 9.20 Å². The maximum atomic E-state index is 12.0. The van der Waals surface area contributed by atoms with Crippen LogP contribution in [0.5, 0.6) is 11.5 Å². The van der Waals surface area contributed by atoms with E-state index in [1.165, 1.54) is 27.9 Å². The van der Waals surface area contributed by atoms with Gasteiger partial charge < -0.3 is 14.2 Å². The van der Waals surface area contributed by atoms with Gasteiger partial charge in [0.1, 0.15) is 6.61 Å². The van der Waals surface area contributed by atoms with E-state index in [-0.39, 0.29) is 12.2 Å². The van der Waals surface area contributed by atoms with Crippen molar-refractivity contribution in [3.05, 3.63) is 62.5 Å². The van der Waals surface area contributed by atoms with Crippen molar-refractivity contribution in [2.24, 2.45) is 0 Å². The van der Waals surface area contributed by atoms with Gasteiger partial charge >= 0.3 is 5.97 Å². The molecule has 0 saturated heterocycles. The van der Waals surface area contributed by atoms with Gasteiger partial charge in [-0.25, -0.2) is 9.78 Å². The molecule has 1 aromatic carbocycles. The van der Waals surface area contributed by atoms with Crippen LogP contribution in [0.4, 0.5) is 0 Å². The van der Waals surface area contributed by atoms with E-state index in [4.69, 9.17) is 25.8 Å². The third-order valence-electron chi connectivity index (χ3n) is 3.95. The highest BCUT2D eigenvalue weighted by atomic mass is 35.5. The van der Waals surface area contributed by atoms with E-state index < -0.39 is 5.97 Å². The number of carbonyl (C=O) groups excluding carboxylic acids is 1. The van der Waals surface area contributed by atoms with Crippen molar-refractivity contribution in [2.45, 2.75) is 13.0 Å². The van der Waals surface area contributed by atoms with Crippen molar-refractivity contribution in [3.8, 4) is 11.5 Å². The summed E-state index contributed by atoms with van der Waals surface area (Å²) in [4.78, 5) is 28.8. The van der Waals surface area contributed by atoms with Crippen LogP contribution in [0, 0.1) is 0 Å². The number of aromatic nitrogens is 2. The molecule has 0 bridgehead atoms. The molecule has 2 aromatic heterocycles. The molecule has 1 aliphatic heterocycles. The molecule has 0 amide bonds. The van der Waals surface area contributed by atoms with Crippen LogP contribution in [0.15, 0.2) is 40.6 Å². The van der Waals surface area contributed by atoms with Crippen LogP contribution in [0.25, 0.3) is 11.0 Å². The van der Waals surface area contributed by atoms with Gasteiger partial charge in [0.05, 0.1) is 23.9 Å². The fourth-order valence-corrected chi connectivity index (χ4v) is 3.68. The van der Waals surface area contributed by atoms with E-state index in [0.29, 0.717) is 46.0 Å². The predicted octanol–water partition coefficient (Wildman–Crippen LogP) is 3.33. The predicted molar refractivity (Wildman–Crippen MR) is 105 cm³/mol. The Balaban J connectivity index is 1.43. The number of nitrogens with zero attached hydrogens (tertiary/aromatic N) is 2. The van der Waals surface area contributed by atoms with Gasteiger partial charge in [0.25, 0.3) is 5.56 Å². The van der Waals surface area contributed by atoms with Crippen molar-refractivity contribution in [1.29, 1.82) is 0 Å². The molecule has 0 N–H and O–H groups in total. The summed E-state index contributed by atoms with van der Waals surface area (Å²) < 4.78 is 17.8. The van der Waals surface area contributed by atoms with Gasteiger partial charge in [-0.05, 0) is 23.8 Å². The molecule has 3 aromatic rings. The molecule has 0 saturated carbocycles. The Hall–Kier alpha value is -2.84. The summed E-state index contributed by atoms with van der Waals surface area (Å²) in [5, 5.41) is 2.18. The highest BCUT2D eigenvalue weighted by Gasteiger charge is 2.15. The lowest BCUT2D eigenvalue weighted by Gasteiger charge is -2.09. The molecule has 4 rings (SSSR count). The first-order valence-corrected chi connectivity index (χ1v) is 9.76. The second kappa shape index (κ2) is 8.04. The Morgan fingerprint density at radius 3 is 3.07 bits per heavy atom. The quantitative estimate of drug-likeness (QED) is 0.477. The first kappa shape index (κ1) is 18.5. The van der Waals surface area contributed by atoms with Gasteiger partial charge in [0, 0.05) is 30.1 Å². The van der Waals surface area contributed by atoms with Crippen molar-refractivity contribution < 1.29 is 19.0 Å². The van der Waals surface area contributed by atoms with E-state index in [1.54, 1.807) is 29.8 Å². The van der Waals surface area contributed by atoms with Crippen LogP contribution >= 0.6 is 22.9 Å². The number of thiazole rings is 1.